The van der Waals surface area contributed by atoms with Crippen LogP contribution < -0.4 is 5.32 Å². The highest BCUT2D eigenvalue weighted by Gasteiger charge is 2.23. The van der Waals surface area contributed by atoms with Gasteiger partial charge in [0.15, 0.2) is 0 Å². The summed E-state index contributed by atoms with van der Waals surface area (Å²) >= 11 is 0. The molecule has 1 amide bonds. The third-order valence-corrected chi connectivity index (χ3v) is 8.87. The number of aliphatic hydroxyl groups is 1. The van der Waals surface area contributed by atoms with Crippen molar-refractivity contribution >= 4 is 19.7 Å². The highest BCUT2D eigenvalue weighted by molar-refractivity contribution is 7.47. The van der Waals surface area contributed by atoms with E-state index in [1.54, 1.807) is 0 Å². The van der Waals surface area contributed by atoms with Gasteiger partial charge in [-0.2, -0.15) is 0 Å². The first kappa shape index (κ1) is 45.5. The molecule has 0 aliphatic heterocycles. The molecule has 0 saturated heterocycles. The maximum atomic E-state index is 12.0. The van der Waals surface area contributed by atoms with Crippen LogP contribution in [0.25, 0.3) is 0 Å². The number of aliphatic hydroxyl groups excluding tert-OH is 1. The number of hydrogen-bond acceptors (Lipinski definition) is 7. The minimum atomic E-state index is -4.40. The summed E-state index contributed by atoms with van der Waals surface area (Å²) in [5.41, 5.74) is 0. The van der Waals surface area contributed by atoms with E-state index in [1.165, 1.54) is 89.9 Å². The number of amides is 1. The lowest BCUT2D eigenvalue weighted by Crippen LogP contribution is -2.27. The number of carbonyl (C=O) groups excluding carboxylic acids is 2. The van der Waals surface area contributed by atoms with Crippen molar-refractivity contribution in [1.29, 1.82) is 0 Å². The zero-order valence-corrected chi connectivity index (χ0v) is 30.9. The van der Waals surface area contributed by atoms with E-state index in [-0.39, 0.29) is 32.1 Å². The maximum Gasteiger partial charge on any atom is 0.472 e. The van der Waals surface area contributed by atoms with Crippen LogP contribution in [-0.2, 0) is 27.9 Å². The van der Waals surface area contributed by atoms with Gasteiger partial charge in [-0.3, -0.25) is 18.6 Å². The Labute approximate surface area is 287 Å². The molecule has 0 aromatic heterocycles. The van der Waals surface area contributed by atoms with Crippen LogP contribution in [0.4, 0.5) is 0 Å². The first-order chi connectivity index (χ1) is 22.8. The Balaban J connectivity index is 3.61. The number of phosphoric ester groups is 1. The number of esters is 1. The molecule has 0 radical (unpaired) electrons. The number of phosphoric acid groups is 1. The second-order valence-electron chi connectivity index (χ2n) is 12.6. The molecule has 0 spiro atoms. The quantitative estimate of drug-likeness (QED) is 0.0260. The highest BCUT2D eigenvalue weighted by Crippen LogP contribution is 2.42. The maximum absolute atomic E-state index is 12.0. The third kappa shape index (κ3) is 35.6. The number of carbonyl (C=O) groups is 2. The van der Waals surface area contributed by atoms with Crippen LogP contribution in [-0.4, -0.2) is 54.3 Å². The zero-order valence-electron chi connectivity index (χ0n) is 30.0. The van der Waals surface area contributed by atoms with Crippen molar-refractivity contribution in [2.24, 2.45) is 0 Å². The van der Waals surface area contributed by atoms with Crippen molar-refractivity contribution in [1.82, 2.24) is 5.32 Å². The molecule has 10 heteroatoms. The van der Waals surface area contributed by atoms with Gasteiger partial charge in [-0.15, -0.1) is 0 Å². The highest BCUT2D eigenvalue weighted by atomic mass is 31.2. The Morgan fingerprint density at radius 1 is 0.660 bits per heavy atom. The lowest BCUT2D eigenvalue weighted by atomic mass is 10.1. The van der Waals surface area contributed by atoms with Crippen molar-refractivity contribution in [3.63, 3.8) is 0 Å². The molecule has 0 heterocycles. The Morgan fingerprint density at radius 2 is 1.15 bits per heavy atom. The van der Waals surface area contributed by atoms with Gasteiger partial charge in [0, 0.05) is 19.4 Å². The standard InChI is InChI=1S/C37H70NO8P/c1-3-5-7-9-11-13-14-15-16-17-18-19-20-21-22-23-25-27-29-36(40)38-31-32-45-47(42,43)46-34-35(39)33-44-37(41)30-28-26-24-12-10-8-6-4-2/h13-14,16-17,35,39H,3-12,15,18-34H2,1-2H3,(H,38,40)(H,42,43)/b14-13-,17-16-. The first-order valence-electron chi connectivity index (χ1n) is 18.8. The van der Waals surface area contributed by atoms with E-state index in [2.05, 4.69) is 43.5 Å². The summed E-state index contributed by atoms with van der Waals surface area (Å²) in [6.07, 6.45) is 34.0. The third-order valence-electron chi connectivity index (χ3n) is 7.88. The fourth-order valence-electron chi connectivity index (χ4n) is 5.00. The van der Waals surface area contributed by atoms with Crippen molar-refractivity contribution < 1.29 is 37.9 Å². The summed E-state index contributed by atoms with van der Waals surface area (Å²) in [5, 5.41) is 12.6. The molecule has 9 nitrogen and oxygen atoms in total. The second-order valence-corrected chi connectivity index (χ2v) is 14.0. The average Bonchev–Trinajstić information content (AvgIpc) is 3.05. The monoisotopic (exact) mass is 687 g/mol. The molecule has 0 bridgehead atoms. The fraction of sp³-hybridized carbons (Fsp3) is 0.838. The van der Waals surface area contributed by atoms with Crippen molar-refractivity contribution in [2.45, 2.75) is 174 Å². The summed E-state index contributed by atoms with van der Waals surface area (Å²) in [6.45, 7) is 3.48. The van der Waals surface area contributed by atoms with Crippen LogP contribution >= 0.6 is 7.82 Å². The Hall–Kier alpha value is -1.51. The number of allylic oxidation sites excluding steroid dienone is 4. The van der Waals surface area contributed by atoms with Crippen LogP contribution in [0.1, 0.15) is 168 Å². The van der Waals surface area contributed by atoms with E-state index in [4.69, 9.17) is 13.8 Å². The smallest absolute Gasteiger partial charge is 0.463 e. The van der Waals surface area contributed by atoms with Gasteiger partial charge in [0.1, 0.15) is 12.7 Å². The van der Waals surface area contributed by atoms with Gasteiger partial charge in [0.05, 0.1) is 13.2 Å². The summed E-state index contributed by atoms with van der Waals surface area (Å²) in [5.74, 6) is -0.528. The SMILES string of the molecule is CCCCCC/C=C\C/C=C\CCCCCCCCCC(=O)NCCOP(=O)(O)OCC(O)COC(=O)CCCCCCCCCC. The molecule has 0 fully saturated rings. The molecule has 47 heavy (non-hydrogen) atoms. The van der Waals surface area contributed by atoms with Crippen molar-refractivity contribution in [2.75, 3.05) is 26.4 Å². The van der Waals surface area contributed by atoms with Gasteiger partial charge >= 0.3 is 13.8 Å². The van der Waals surface area contributed by atoms with E-state index < -0.39 is 26.5 Å². The molecule has 3 N–H and O–H groups in total. The topological polar surface area (TPSA) is 131 Å². The van der Waals surface area contributed by atoms with Gasteiger partial charge in [0.25, 0.3) is 0 Å². The molecule has 0 aliphatic rings. The molecule has 2 unspecified atom stereocenters. The van der Waals surface area contributed by atoms with E-state index in [9.17, 15) is 24.2 Å². The molecule has 0 rings (SSSR count). The molecule has 0 aromatic rings. The first-order valence-corrected chi connectivity index (χ1v) is 20.3. The zero-order chi connectivity index (χ0) is 34.7. The summed E-state index contributed by atoms with van der Waals surface area (Å²) < 4.78 is 26.7. The van der Waals surface area contributed by atoms with Crippen LogP contribution in [0.5, 0.6) is 0 Å². The average molecular weight is 688 g/mol. The van der Waals surface area contributed by atoms with Crippen LogP contribution in [0.15, 0.2) is 24.3 Å². The lowest BCUT2D eigenvalue weighted by molar-refractivity contribution is -0.147. The van der Waals surface area contributed by atoms with Gasteiger partial charge in [0.2, 0.25) is 5.91 Å². The number of hydrogen-bond donors (Lipinski definition) is 3. The lowest BCUT2D eigenvalue weighted by Gasteiger charge is -2.15. The predicted octanol–water partition coefficient (Wildman–Crippen LogP) is 9.65. The molecule has 0 aliphatic carbocycles. The van der Waals surface area contributed by atoms with Gasteiger partial charge in [-0.1, -0.05) is 134 Å². The normalized spacial score (nSPS) is 13.7. The molecule has 0 aromatic carbocycles. The van der Waals surface area contributed by atoms with Crippen LogP contribution in [0.2, 0.25) is 0 Å². The Morgan fingerprint density at radius 3 is 1.72 bits per heavy atom. The Bertz CT molecular complexity index is 835. The minimum Gasteiger partial charge on any atom is -0.463 e. The van der Waals surface area contributed by atoms with Gasteiger partial charge in [-0.25, -0.2) is 4.57 Å². The van der Waals surface area contributed by atoms with Crippen molar-refractivity contribution in [3.8, 4) is 0 Å². The van der Waals surface area contributed by atoms with Crippen molar-refractivity contribution in [3.05, 3.63) is 24.3 Å². The molecular weight excluding hydrogens is 617 g/mol. The summed E-state index contributed by atoms with van der Waals surface area (Å²) in [6, 6.07) is 0. The second kappa shape index (κ2) is 34.4. The van der Waals surface area contributed by atoms with E-state index in [1.807, 2.05) is 0 Å². The summed E-state index contributed by atoms with van der Waals surface area (Å²) in [7, 11) is -4.40. The van der Waals surface area contributed by atoms with E-state index >= 15 is 0 Å². The Kier molecular flexibility index (Phi) is 33.3. The van der Waals surface area contributed by atoms with Gasteiger partial charge in [-0.05, 0) is 44.9 Å². The minimum absolute atomic E-state index is 0.0788. The molecule has 2 atom stereocenters. The predicted molar refractivity (Wildman–Crippen MR) is 192 cm³/mol. The fourth-order valence-corrected chi connectivity index (χ4v) is 5.75. The summed E-state index contributed by atoms with van der Waals surface area (Å²) in [4.78, 5) is 33.6. The number of rotatable bonds is 35. The molecule has 276 valence electrons. The van der Waals surface area contributed by atoms with E-state index in [0.717, 1.165) is 51.4 Å². The van der Waals surface area contributed by atoms with Gasteiger partial charge < -0.3 is 20.1 Å². The van der Waals surface area contributed by atoms with E-state index in [0.29, 0.717) is 6.42 Å². The van der Waals surface area contributed by atoms with Crippen LogP contribution in [0, 0.1) is 0 Å². The number of nitrogens with one attached hydrogen (secondary N) is 1. The molecular formula is C37H70NO8P. The molecule has 0 saturated carbocycles. The van der Waals surface area contributed by atoms with Crippen LogP contribution in [0.3, 0.4) is 0 Å². The number of unbranched alkanes of at least 4 members (excludes halogenated alkanes) is 18. The largest absolute Gasteiger partial charge is 0.472 e. The number of ether oxygens (including phenoxy) is 1.